The van der Waals surface area contributed by atoms with Gasteiger partial charge in [-0.25, -0.2) is 4.79 Å². The summed E-state index contributed by atoms with van der Waals surface area (Å²) in [5.74, 6) is -0.389. The number of fused-ring (bicyclic) bond motifs is 1. The number of hydrogen-bond donors (Lipinski definition) is 2. The van der Waals surface area contributed by atoms with E-state index in [9.17, 15) is 9.59 Å². The molecule has 0 bridgehead atoms. The highest BCUT2D eigenvalue weighted by atomic mass is 16.4. The summed E-state index contributed by atoms with van der Waals surface area (Å²) in [6.07, 6.45) is 0.339. The number of carbonyl (C=O) groups is 2. The minimum Gasteiger partial charge on any atom is -0.478 e. The van der Waals surface area contributed by atoms with E-state index in [-0.39, 0.29) is 17.4 Å². The van der Waals surface area contributed by atoms with E-state index in [1.165, 1.54) is 0 Å². The summed E-state index contributed by atoms with van der Waals surface area (Å²) in [6.45, 7) is 1.91. The number of nitrogens with one attached hydrogen (secondary N) is 1. The van der Waals surface area contributed by atoms with Crippen LogP contribution in [0.15, 0.2) is 24.3 Å². The van der Waals surface area contributed by atoms with Crippen molar-refractivity contribution < 1.29 is 14.7 Å². The Labute approximate surface area is 121 Å². The third kappa shape index (κ3) is 2.18. The first kappa shape index (κ1) is 13.4. The van der Waals surface area contributed by atoms with Crippen LogP contribution in [0.1, 0.15) is 39.5 Å². The predicted molar refractivity (Wildman–Crippen MR) is 76.4 cm³/mol. The van der Waals surface area contributed by atoms with Crippen LogP contribution in [0.5, 0.6) is 0 Å². The number of carbonyl (C=O) groups excluding carboxylic acids is 1. The summed E-state index contributed by atoms with van der Waals surface area (Å²) < 4.78 is 1.67. The van der Waals surface area contributed by atoms with E-state index in [4.69, 9.17) is 5.11 Å². The van der Waals surface area contributed by atoms with Gasteiger partial charge in [-0.2, -0.15) is 5.10 Å². The lowest BCUT2D eigenvalue weighted by atomic mass is 9.85. The number of anilines is 1. The fourth-order valence-corrected chi connectivity index (χ4v) is 2.85. The second-order valence-corrected chi connectivity index (χ2v) is 5.20. The number of aromatic carboxylic acids is 1. The monoisotopic (exact) mass is 285 g/mol. The molecule has 0 aliphatic carbocycles. The Morgan fingerprint density at radius 1 is 1.38 bits per heavy atom. The normalized spacial score (nSPS) is 17.2. The molecule has 2 N–H and O–H groups in total. The smallest absolute Gasteiger partial charge is 0.335 e. The molecule has 3 rings (SSSR count). The first-order valence-corrected chi connectivity index (χ1v) is 6.64. The lowest BCUT2D eigenvalue weighted by molar-refractivity contribution is -0.116. The molecular weight excluding hydrogens is 270 g/mol. The molecule has 6 heteroatoms. The molecule has 108 valence electrons. The van der Waals surface area contributed by atoms with Crippen LogP contribution in [0, 0.1) is 6.92 Å². The maximum Gasteiger partial charge on any atom is 0.335 e. The number of hydrogen-bond acceptors (Lipinski definition) is 3. The van der Waals surface area contributed by atoms with Gasteiger partial charge in [0.25, 0.3) is 0 Å². The SMILES string of the molecule is Cc1nn(C)c2c1C(c1ccc(C(=O)O)cc1)CC(=O)N2. The highest BCUT2D eigenvalue weighted by Crippen LogP contribution is 2.38. The van der Waals surface area contributed by atoms with E-state index >= 15 is 0 Å². The lowest BCUT2D eigenvalue weighted by Crippen LogP contribution is -2.24. The molecule has 21 heavy (non-hydrogen) atoms. The van der Waals surface area contributed by atoms with E-state index in [0.717, 1.165) is 22.6 Å². The van der Waals surface area contributed by atoms with E-state index in [1.807, 2.05) is 6.92 Å². The number of aryl methyl sites for hydroxylation is 2. The zero-order valence-electron chi connectivity index (χ0n) is 11.8. The van der Waals surface area contributed by atoms with Crippen LogP contribution < -0.4 is 5.32 Å². The zero-order chi connectivity index (χ0) is 15.1. The second-order valence-electron chi connectivity index (χ2n) is 5.20. The molecule has 0 spiro atoms. The highest BCUT2D eigenvalue weighted by Gasteiger charge is 2.31. The van der Waals surface area contributed by atoms with Gasteiger partial charge in [-0.05, 0) is 24.6 Å². The van der Waals surface area contributed by atoms with Gasteiger partial charge in [-0.15, -0.1) is 0 Å². The third-order valence-electron chi connectivity index (χ3n) is 3.82. The maximum atomic E-state index is 11.9. The third-order valence-corrected chi connectivity index (χ3v) is 3.82. The number of rotatable bonds is 2. The number of carboxylic acid groups (broad SMARTS) is 1. The molecule has 1 unspecified atom stereocenters. The quantitative estimate of drug-likeness (QED) is 0.882. The number of aromatic nitrogens is 2. The number of carboxylic acids is 1. The molecule has 1 aromatic heterocycles. The van der Waals surface area contributed by atoms with Gasteiger partial charge in [0.05, 0.1) is 11.3 Å². The maximum absolute atomic E-state index is 11.9. The van der Waals surface area contributed by atoms with Gasteiger partial charge in [-0.1, -0.05) is 12.1 Å². The first-order chi connectivity index (χ1) is 9.97. The van der Waals surface area contributed by atoms with Crippen molar-refractivity contribution in [3.63, 3.8) is 0 Å². The Bertz CT molecular complexity index is 731. The fraction of sp³-hybridized carbons (Fsp3) is 0.267. The van der Waals surface area contributed by atoms with Gasteiger partial charge in [0.2, 0.25) is 5.91 Å². The molecule has 0 fully saturated rings. The molecule has 1 aliphatic heterocycles. The molecule has 6 nitrogen and oxygen atoms in total. The largest absolute Gasteiger partial charge is 0.478 e. The number of nitrogens with zero attached hydrogens (tertiary/aromatic N) is 2. The Morgan fingerprint density at radius 2 is 2.05 bits per heavy atom. The Balaban J connectivity index is 2.07. The summed E-state index contributed by atoms with van der Waals surface area (Å²) >= 11 is 0. The minimum atomic E-state index is -0.957. The van der Waals surface area contributed by atoms with Crippen molar-refractivity contribution in [2.24, 2.45) is 7.05 Å². The molecule has 2 aromatic rings. The number of amides is 1. The van der Waals surface area contributed by atoms with Crippen molar-refractivity contribution in [2.45, 2.75) is 19.3 Å². The second kappa shape index (κ2) is 4.73. The molecule has 0 saturated heterocycles. The van der Waals surface area contributed by atoms with Gasteiger partial charge in [0, 0.05) is 24.9 Å². The van der Waals surface area contributed by atoms with Crippen LogP contribution in [0.25, 0.3) is 0 Å². The van der Waals surface area contributed by atoms with E-state index in [2.05, 4.69) is 10.4 Å². The van der Waals surface area contributed by atoms with Gasteiger partial charge in [0.1, 0.15) is 5.82 Å². The fourth-order valence-electron chi connectivity index (χ4n) is 2.85. The molecule has 1 aromatic carbocycles. The molecule has 0 saturated carbocycles. The molecule has 2 heterocycles. The van der Waals surface area contributed by atoms with Crippen LogP contribution in [0.2, 0.25) is 0 Å². The Hall–Kier alpha value is -2.63. The summed E-state index contributed by atoms with van der Waals surface area (Å²) in [4.78, 5) is 22.8. The molecule has 1 amide bonds. The van der Waals surface area contributed by atoms with Gasteiger partial charge in [0.15, 0.2) is 0 Å². The minimum absolute atomic E-state index is 0.0576. The summed E-state index contributed by atoms with van der Waals surface area (Å²) in [7, 11) is 1.79. The van der Waals surface area contributed by atoms with Crippen molar-refractivity contribution in [1.29, 1.82) is 0 Å². The van der Waals surface area contributed by atoms with Gasteiger partial charge < -0.3 is 10.4 Å². The molecule has 0 radical (unpaired) electrons. The zero-order valence-corrected chi connectivity index (χ0v) is 11.8. The van der Waals surface area contributed by atoms with E-state index in [1.54, 1.807) is 36.0 Å². The molecular formula is C15H15N3O3. The van der Waals surface area contributed by atoms with E-state index < -0.39 is 5.97 Å². The number of benzene rings is 1. The topological polar surface area (TPSA) is 84.2 Å². The predicted octanol–water partition coefficient (Wildman–Crippen LogP) is 1.90. The van der Waals surface area contributed by atoms with Gasteiger partial charge in [-0.3, -0.25) is 9.48 Å². The van der Waals surface area contributed by atoms with Crippen LogP contribution in [0.3, 0.4) is 0 Å². The Kier molecular flexibility index (Phi) is 3.01. The standard InChI is InChI=1S/C15H15N3O3/c1-8-13-11(7-12(19)16-14(13)18(2)17-8)9-3-5-10(6-4-9)15(20)21/h3-6,11H,7H2,1-2H3,(H,16,19)(H,20,21). The van der Waals surface area contributed by atoms with Crippen LogP contribution in [0.4, 0.5) is 5.82 Å². The van der Waals surface area contributed by atoms with Crippen molar-refractivity contribution >= 4 is 17.7 Å². The average molecular weight is 285 g/mol. The van der Waals surface area contributed by atoms with Crippen molar-refractivity contribution in [1.82, 2.24) is 9.78 Å². The first-order valence-electron chi connectivity index (χ1n) is 6.64. The summed E-state index contributed by atoms with van der Waals surface area (Å²) in [6, 6.07) is 6.66. The van der Waals surface area contributed by atoms with Crippen LogP contribution in [-0.4, -0.2) is 26.8 Å². The van der Waals surface area contributed by atoms with Gasteiger partial charge >= 0.3 is 5.97 Å². The van der Waals surface area contributed by atoms with Crippen molar-refractivity contribution in [2.75, 3.05) is 5.32 Å². The van der Waals surface area contributed by atoms with Crippen molar-refractivity contribution in [3.8, 4) is 0 Å². The average Bonchev–Trinajstić information content (AvgIpc) is 2.73. The lowest BCUT2D eigenvalue weighted by Gasteiger charge is -2.24. The van der Waals surface area contributed by atoms with E-state index in [0.29, 0.717) is 6.42 Å². The van der Waals surface area contributed by atoms with Crippen LogP contribution in [-0.2, 0) is 11.8 Å². The summed E-state index contributed by atoms with van der Waals surface area (Å²) in [5.41, 5.74) is 3.04. The van der Waals surface area contributed by atoms with Crippen LogP contribution >= 0.6 is 0 Å². The molecule has 1 atom stereocenters. The summed E-state index contributed by atoms with van der Waals surface area (Å²) in [5, 5.41) is 16.2. The molecule has 1 aliphatic rings. The highest BCUT2D eigenvalue weighted by molar-refractivity contribution is 5.94. The van der Waals surface area contributed by atoms with Crippen molar-refractivity contribution in [3.05, 3.63) is 46.6 Å². The Morgan fingerprint density at radius 3 is 2.67 bits per heavy atom.